The Balaban J connectivity index is 1.78. The number of ether oxygens (including phenoxy) is 1. The first-order chi connectivity index (χ1) is 16.2. The molecule has 0 saturated heterocycles. The molecular formula is C25H29ClN4O4. The van der Waals surface area contributed by atoms with Gasteiger partial charge in [-0.15, -0.1) is 0 Å². The molecule has 0 aliphatic carbocycles. The summed E-state index contributed by atoms with van der Waals surface area (Å²) in [5.41, 5.74) is 5.98. The van der Waals surface area contributed by atoms with Crippen molar-refractivity contribution in [2.45, 2.75) is 40.2 Å². The molecule has 9 heteroatoms. The molecule has 3 N–H and O–H groups in total. The Labute approximate surface area is 203 Å². The Bertz CT molecular complexity index is 1220. The summed E-state index contributed by atoms with van der Waals surface area (Å²) in [5.74, 6) is -2.14. The van der Waals surface area contributed by atoms with E-state index in [9.17, 15) is 14.4 Å². The summed E-state index contributed by atoms with van der Waals surface area (Å²) in [4.78, 5) is 38.0. The molecule has 1 aromatic heterocycles. The van der Waals surface area contributed by atoms with Gasteiger partial charge in [-0.1, -0.05) is 17.7 Å². The van der Waals surface area contributed by atoms with Crippen LogP contribution >= 0.6 is 11.6 Å². The molecule has 0 aliphatic heterocycles. The summed E-state index contributed by atoms with van der Waals surface area (Å²) in [6, 6.07) is 12.2. The fourth-order valence-electron chi connectivity index (χ4n) is 3.31. The molecule has 3 rings (SSSR count). The van der Waals surface area contributed by atoms with Crippen molar-refractivity contribution in [2.24, 2.45) is 0 Å². The number of amides is 3. The lowest BCUT2D eigenvalue weighted by Gasteiger charge is -2.13. The van der Waals surface area contributed by atoms with Crippen LogP contribution in [0.5, 0.6) is 0 Å². The number of aromatic nitrogens is 1. The summed E-state index contributed by atoms with van der Waals surface area (Å²) in [7, 11) is 0. The van der Waals surface area contributed by atoms with Crippen LogP contribution in [0.2, 0.25) is 5.02 Å². The van der Waals surface area contributed by atoms with Gasteiger partial charge in [0, 0.05) is 29.2 Å². The molecule has 0 radical (unpaired) electrons. The second-order valence-corrected chi connectivity index (χ2v) is 8.73. The topological polar surface area (TPSA) is 101 Å². The van der Waals surface area contributed by atoms with Crippen LogP contribution in [-0.2, 0) is 14.3 Å². The SMILES string of the molecule is Cc1ccc(NC(=O)c2cc3cc(Cl)ccc3n2NC(=O)C(=O)NCCCOC(C)C)cc1C. The molecule has 0 aliphatic rings. The van der Waals surface area contributed by atoms with Gasteiger partial charge in [0.15, 0.2) is 0 Å². The minimum Gasteiger partial charge on any atom is -0.379 e. The van der Waals surface area contributed by atoms with Crippen LogP contribution in [0.15, 0.2) is 42.5 Å². The second-order valence-electron chi connectivity index (χ2n) is 8.29. The lowest BCUT2D eigenvalue weighted by Crippen LogP contribution is -2.40. The molecule has 180 valence electrons. The van der Waals surface area contributed by atoms with E-state index < -0.39 is 17.7 Å². The number of carbonyl (C=O) groups excluding carboxylic acids is 3. The van der Waals surface area contributed by atoms with E-state index in [-0.39, 0.29) is 11.8 Å². The molecule has 1 heterocycles. The van der Waals surface area contributed by atoms with E-state index in [1.807, 2.05) is 39.8 Å². The van der Waals surface area contributed by atoms with Gasteiger partial charge in [0.2, 0.25) is 0 Å². The van der Waals surface area contributed by atoms with Crippen LogP contribution < -0.4 is 16.1 Å². The third-order valence-electron chi connectivity index (χ3n) is 5.24. The van der Waals surface area contributed by atoms with Crippen molar-refractivity contribution in [3.05, 3.63) is 64.3 Å². The van der Waals surface area contributed by atoms with Crippen LogP contribution in [0.1, 0.15) is 41.9 Å². The molecule has 8 nitrogen and oxygen atoms in total. The van der Waals surface area contributed by atoms with Gasteiger partial charge in [0.1, 0.15) is 5.69 Å². The third-order valence-corrected chi connectivity index (χ3v) is 5.47. The van der Waals surface area contributed by atoms with Gasteiger partial charge >= 0.3 is 11.8 Å². The molecular weight excluding hydrogens is 456 g/mol. The number of carbonyl (C=O) groups is 3. The van der Waals surface area contributed by atoms with Gasteiger partial charge in [-0.25, -0.2) is 4.68 Å². The molecule has 0 spiro atoms. The van der Waals surface area contributed by atoms with Crippen LogP contribution in [0, 0.1) is 13.8 Å². The highest BCUT2D eigenvalue weighted by Crippen LogP contribution is 2.24. The van der Waals surface area contributed by atoms with Crippen LogP contribution in [0.4, 0.5) is 5.69 Å². The first-order valence-electron chi connectivity index (χ1n) is 11.1. The highest BCUT2D eigenvalue weighted by atomic mass is 35.5. The van der Waals surface area contributed by atoms with Crippen molar-refractivity contribution in [1.82, 2.24) is 9.99 Å². The molecule has 0 unspecified atom stereocenters. The minimum absolute atomic E-state index is 0.0999. The highest BCUT2D eigenvalue weighted by Gasteiger charge is 2.21. The number of fused-ring (bicyclic) bond motifs is 1. The number of benzene rings is 2. The van der Waals surface area contributed by atoms with E-state index in [0.29, 0.717) is 41.2 Å². The Morgan fingerprint density at radius 2 is 1.76 bits per heavy atom. The largest absolute Gasteiger partial charge is 0.379 e. The molecule has 0 bridgehead atoms. The molecule has 3 aromatic rings. The van der Waals surface area contributed by atoms with Gasteiger partial charge in [-0.3, -0.25) is 19.8 Å². The second kappa shape index (κ2) is 11.2. The van der Waals surface area contributed by atoms with Gasteiger partial charge in [-0.2, -0.15) is 0 Å². The van der Waals surface area contributed by atoms with Gasteiger partial charge in [-0.05, 0) is 81.6 Å². The molecule has 3 amide bonds. The number of nitrogens with zero attached hydrogens (tertiary/aromatic N) is 1. The molecule has 34 heavy (non-hydrogen) atoms. The number of nitrogens with one attached hydrogen (secondary N) is 3. The number of aryl methyl sites for hydroxylation is 2. The zero-order valence-electron chi connectivity index (χ0n) is 19.7. The van der Waals surface area contributed by atoms with E-state index in [4.69, 9.17) is 16.3 Å². The lowest BCUT2D eigenvalue weighted by molar-refractivity contribution is -0.136. The van der Waals surface area contributed by atoms with Crippen molar-refractivity contribution in [3.8, 4) is 0 Å². The maximum atomic E-state index is 13.1. The Kier molecular flexibility index (Phi) is 8.31. The fourth-order valence-corrected chi connectivity index (χ4v) is 3.49. The Morgan fingerprint density at radius 1 is 1.00 bits per heavy atom. The molecule has 0 fully saturated rings. The molecule has 0 saturated carbocycles. The van der Waals surface area contributed by atoms with Crippen molar-refractivity contribution >= 4 is 45.9 Å². The predicted molar refractivity (Wildman–Crippen MR) is 134 cm³/mol. The van der Waals surface area contributed by atoms with Gasteiger partial charge in [0.25, 0.3) is 5.91 Å². The average Bonchev–Trinajstić information content (AvgIpc) is 3.13. The summed E-state index contributed by atoms with van der Waals surface area (Å²) >= 11 is 6.11. The normalized spacial score (nSPS) is 11.0. The van der Waals surface area contributed by atoms with Crippen LogP contribution in [-0.4, -0.2) is 41.7 Å². The number of anilines is 1. The fraction of sp³-hybridized carbons (Fsp3) is 0.320. The van der Waals surface area contributed by atoms with Crippen molar-refractivity contribution < 1.29 is 19.1 Å². The maximum absolute atomic E-state index is 13.1. The molecule has 0 atom stereocenters. The van der Waals surface area contributed by atoms with Gasteiger partial charge < -0.3 is 15.4 Å². The zero-order chi connectivity index (χ0) is 24.8. The summed E-state index contributed by atoms with van der Waals surface area (Å²) in [6.07, 6.45) is 0.675. The van der Waals surface area contributed by atoms with E-state index in [0.717, 1.165) is 11.1 Å². The quantitative estimate of drug-likeness (QED) is 0.330. The summed E-state index contributed by atoms with van der Waals surface area (Å²) in [6.45, 7) is 8.56. The standard InChI is InChI=1S/C25H29ClN4O4/c1-15(2)34-11-5-10-27-24(32)25(33)29-30-21-9-7-19(26)13-18(21)14-22(30)23(31)28-20-8-6-16(3)17(4)12-20/h6-9,12-15H,5,10-11H2,1-4H3,(H,27,32)(H,28,31)(H,29,33). The summed E-state index contributed by atoms with van der Waals surface area (Å²) < 4.78 is 6.72. The monoisotopic (exact) mass is 484 g/mol. The van der Waals surface area contributed by atoms with E-state index in [2.05, 4.69) is 16.1 Å². The van der Waals surface area contributed by atoms with Crippen molar-refractivity contribution in [1.29, 1.82) is 0 Å². The highest BCUT2D eigenvalue weighted by molar-refractivity contribution is 6.38. The van der Waals surface area contributed by atoms with Gasteiger partial charge in [0.05, 0.1) is 11.6 Å². The van der Waals surface area contributed by atoms with Crippen LogP contribution in [0.25, 0.3) is 10.9 Å². The average molecular weight is 485 g/mol. The first kappa shape index (κ1) is 25.3. The van der Waals surface area contributed by atoms with Crippen LogP contribution in [0.3, 0.4) is 0 Å². The Morgan fingerprint density at radius 3 is 2.47 bits per heavy atom. The maximum Gasteiger partial charge on any atom is 0.328 e. The number of hydrogen-bond acceptors (Lipinski definition) is 4. The van der Waals surface area contributed by atoms with E-state index in [1.165, 1.54) is 4.68 Å². The number of hydrogen-bond donors (Lipinski definition) is 3. The minimum atomic E-state index is -0.891. The first-order valence-corrected chi connectivity index (χ1v) is 11.4. The van der Waals surface area contributed by atoms with E-state index >= 15 is 0 Å². The summed E-state index contributed by atoms with van der Waals surface area (Å²) in [5, 5.41) is 6.53. The van der Waals surface area contributed by atoms with Crippen molar-refractivity contribution in [2.75, 3.05) is 23.9 Å². The number of halogens is 1. The predicted octanol–water partition coefficient (Wildman–Crippen LogP) is 4.17. The zero-order valence-corrected chi connectivity index (χ0v) is 20.5. The lowest BCUT2D eigenvalue weighted by atomic mass is 10.1. The Hall–Kier alpha value is -3.36. The van der Waals surface area contributed by atoms with E-state index in [1.54, 1.807) is 30.3 Å². The number of rotatable bonds is 8. The molecule has 2 aromatic carbocycles. The third kappa shape index (κ3) is 6.36. The van der Waals surface area contributed by atoms with Crippen molar-refractivity contribution in [3.63, 3.8) is 0 Å². The smallest absolute Gasteiger partial charge is 0.328 e.